The normalized spacial score (nSPS) is 16.8. The third-order valence-electron chi connectivity index (χ3n) is 6.02. The summed E-state index contributed by atoms with van der Waals surface area (Å²) >= 11 is 0. The Morgan fingerprint density at radius 3 is 2.61 bits per heavy atom. The van der Waals surface area contributed by atoms with Crippen molar-refractivity contribution in [3.8, 4) is 11.4 Å². The smallest absolute Gasteiger partial charge is 0.254 e. The van der Waals surface area contributed by atoms with Crippen molar-refractivity contribution in [2.45, 2.75) is 44.2 Å². The Bertz CT molecular complexity index is 1070. The molecule has 0 saturated carbocycles. The highest BCUT2D eigenvalue weighted by Crippen LogP contribution is 2.26. The van der Waals surface area contributed by atoms with Crippen LogP contribution in [0.2, 0.25) is 0 Å². The number of nitrogens with one attached hydrogen (secondary N) is 1. The van der Waals surface area contributed by atoms with Crippen LogP contribution in [-0.4, -0.2) is 54.4 Å². The van der Waals surface area contributed by atoms with Crippen molar-refractivity contribution in [1.82, 2.24) is 24.6 Å². The Balaban J connectivity index is 1.34. The van der Waals surface area contributed by atoms with Gasteiger partial charge in [-0.05, 0) is 30.4 Å². The van der Waals surface area contributed by atoms with Crippen molar-refractivity contribution in [3.05, 3.63) is 70.9 Å². The standard InChI is InChI=1S/C23H27N5O3/c1-17(18-5-3-2-4-6-18)13-21(29)27-11-8-23(31,9-12-27)15-28-16-24-20(14-22(28)30)19-7-10-25-26-19/h2-7,10,14,16-17,31H,8-9,11-13,15H2,1H3,(H,25,26). The van der Waals surface area contributed by atoms with Gasteiger partial charge in [-0.2, -0.15) is 5.10 Å². The largest absolute Gasteiger partial charge is 0.388 e. The molecule has 1 aliphatic rings. The maximum absolute atomic E-state index is 12.7. The van der Waals surface area contributed by atoms with Crippen LogP contribution >= 0.6 is 0 Å². The van der Waals surface area contributed by atoms with Gasteiger partial charge in [-0.25, -0.2) is 4.98 Å². The van der Waals surface area contributed by atoms with Crippen molar-refractivity contribution in [1.29, 1.82) is 0 Å². The SMILES string of the molecule is CC(CC(=O)N1CCC(O)(Cn2cnc(-c3ccn[nH]3)cc2=O)CC1)c1ccccc1. The zero-order valence-electron chi connectivity index (χ0n) is 17.6. The number of hydrogen-bond donors (Lipinski definition) is 2. The van der Waals surface area contributed by atoms with E-state index in [0.717, 1.165) is 5.56 Å². The van der Waals surface area contributed by atoms with Gasteiger partial charge in [-0.3, -0.25) is 19.3 Å². The van der Waals surface area contributed by atoms with Crippen LogP contribution in [0.4, 0.5) is 0 Å². The molecule has 4 rings (SSSR count). The molecule has 8 nitrogen and oxygen atoms in total. The third kappa shape index (κ3) is 4.91. The lowest BCUT2D eigenvalue weighted by Crippen LogP contribution is -2.49. The van der Waals surface area contributed by atoms with Gasteiger partial charge in [0.15, 0.2) is 0 Å². The molecule has 0 spiro atoms. The molecule has 2 aromatic heterocycles. The first-order valence-corrected chi connectivity index (χ1v) is 10.5. The Kier molecular flexibility index (Phi) is 5.99. The van der Waals surface area contributed by atoms with Gasteiger partial charge in [-0.1, -0.05) is 37.3 Å². The summed E-state index contributed by atoms with van der Waals surface area (Å²) in [4.78, 5) is 31.3. The van der Waals surface area contributed by atoms with E-state index in [2.05, 4.69) is 22.1 Å². The lowest BCUT2D eigenvalue weighted by atomic mass is 9.90. The second kappa shape index (κ2) is 8.85. The Labute approximate surface area is 180 Å². The number of benzene rings is 1. The molecule has 1 aliphatic heterocycles. The summed E-state index contributed by atoms with van der Waals surface area (Å²) in [5.74, 6) is 0.244. The average Bonchev–Trinajstić information content (AvgIpc) is 3.31. The maximum atomic E-state index is 12.7. The Hall–Kier alpha value is -3.26. The van der Waals surface area contributed by atoms with Gasteiger partial charge in [0.25, 0.3) is 5.56 Å². The monoisotopic (exact) mass is 421 g/mol. The average molecular weight is 422 g/mol. The highest BCUT2D eigenvalue weighted by Gasteiger charge is 2.34. The summed E-state index contributed by atoms with van der Waals surface area (Å²) in [5, 5.41) is 17.7. The van der Waals surface area contributed by atoms with Crippen LogP contribution in [0.15, 0.2) is 59.8 Å². The number of aliphatic hydroxyl groups is 1. The number of amides is 1. The zero-order valence-corrected chi connectivity index (χ0v) is 17.6. The van der Waals surface area contributed by atoms with E-state index in [4.69, 9.17) is 0 Å². The van der Waals surface area contributed by atoms with Crippen LogP contribution in [0.3, 0.4) is 0 Å². The van der Waals surface area contributed by atoms with Crippen molar-refractivity contribution >= 4 is 5.91 Å². The van der Waals surface area contributed by atoms with Crippen molar-refractivity contribution in [2.24, 2.45) is 0 Å². The van der Waals surface area contributed by atoms with Crippen LogP contribution in [0, 0.1) is 0 Å². The first kappa shape index (κ1) is 21.0. The quantitative estimate of drug-likeness (QED) is 0.635. The molecule has 3 aromatic rings. The van der Waals surface area contributed by atoms with E-state index in [-0.39, 0.29) is 23.9 Å². The highest BCUT2D eigenvalue weighted by atomic mass is 16.3. The van der Waals surface area contributed by atoms with Gasteiger partial charge >= 0.3 is 0 Å². The number of piperidine rings is 1. The molecule has 1 amide bonds. The minimum Gasteiger partial charge on any atom is -0.388 e. The number of likely N-dealkylation sites (tertiary alicyclic amines) is 1. The molecule has 0 bridgehead atoms. The van der Waals surface area contributed by atoms with Gasteiger partial charge in [0, 0.05) is 31.8 Å². The topological polar surface area (TPSA) is 104 Å². The van der Waals surface area contributed by atoms with E-state index in [9.17, 15) is 14.7 Å². The van der Waals surface area contributed by atoms with Crippen LogP contribution < -0.4 is 5.56 Å². The van der Waals surface area contributed by atoms with Crippen LogP contribution in [0.25, 0.3) is 11.4 Å². The van der Waals surface area contributed by atoms with Crippen molar-refractivity contribution in [3.63, 3.8) is 0 Å². The third-order valence-corrected chi connectivity index (χ3v) is 6.02. The van der Waals surface area contributed by atoms with Crippen LogP contribution in [0.1, 0.15) is 37.7 Å². The van der Waals surface area contributed by atoms with Gasteiger partial charge < -0.3 is 10.0 Å². The Morgan fingerprint density at radius 1 is 1.23 bits per heavy atom. The summed E-state index contributed by atoms with van der Waals surface area (Å²) in [6.45, 7) is 3.17. The van der Waals surface area contributed by atoms with Gasteiger partial charge in [0.2, 0.25) is 5.91 Å². The zero-order chi connectivity index (χ0) is 21.8. The molecule has 1 unspecified atom stereocenters. The Morgan fingerprint density at radius 2 is 1.97 bits per heavy atom. The van der Waals surface area contributed by atoms with Crippen LogP contribution in [0.5, 0.6) is 0 Å². The summed E-state index contributed by atoms with van der Waals surface area (Å²) in [6, 6.07) is 13.2. The van der Waals surface area contributed by atoms with E-state index in [0.29, 0.717) is 43.7 Å². The second-order valence-electron chi connectivity index (χ2n) is 8.33. The number of hydrogen-bond acceptors (Lipinski definition) is 5. The molecular formula is C23H27N5O3. The number of aromatic nitrogens is 4. The van der Waals surface area contributed by atoms with Crippen molar-refractivity contribution < 1.29 is 9.90 Å². The molecule has 1 atom stereocenters. The fraction of sp³-hybridized carbons (Fsp3) is 0.391. The minimum absolute atomic E-state index is 0.0983. The van der Waals surface area contributed by atoms with Crippen LogP contribution in [-0.2, 0) is 11.3 Å². The highest BCUT2D eigenvalue weighted by molar-refractivity contribution is 5.77. The lowest BCUT2D eigenvalue weighted by molar-refractivity contribution is -0.136. The summed E-state index contributed by atoms with van der Waals surface area (Å²) in [6.07, 6.45) is 4.34. The second-order valence-corrected chi connectivity index (χ2v) is 8.33. The number of carbonyl (C=O) groups excluding carboxylic acids is 1. The molecule has 31 heavy (non-hydrogen) atoms. The molecule has 1 saturated heterocycles. The summed E-state index contributed by atoms with van der Waals surface area (Å²) in [7, 11) is 0. The van der Waals surface area contributed by atoms with E-state index >= 15 is 0 Å². The van der Waals surface area contributed by atoms with Gasteiger partial charge in [0.1, 0.15) is 0 Å². The number of carbonyl (C=O) groups is 1. The molecule has 2 N–H and O–H groups in total. The van der Waals surface area contributed by atoms with Crippen molar-refractivity contribution in [2.75, 3.05) is 13.1 Å². The summed E-state index contributed by atoms with van der Waals surface area (Å²) in [5.41, 5.74) is 1.05. The minimum atomic E-state index is -1.04. The van der Waals surface area contributed by atoms with E-state index in [1.807, 2.05) is 35.2 Å². The summed E-state index contributed by atoms with van der Waals surface area (Å²) < 4.78 is 1.43. The van der Waals surface area contributed by atoms with E-state index in [1.54, 1.807) is 12.3 Å². The molecule has 3 heterocycles. The van der Waals surface area contributed by atoms with Gasteiger partial charge in [0.05, 0.1) is 29.9 Å². The fourth-order valence-corrected chi connectivity index (χ4v) is 4.03. The maximum Gasteiger partial charge on any atom is 0.254 e. The molecular weight excluding hydrogens is 394 g/mol. The number of rotatable bonds is 6. The first-order chi connectivity index (χ1) is 14.9. The predicted molar refractivity (Wildman–Crippen MR) is 116 cm³/mol. The number of aromatic amines is 1. The fourth-order valence-electron chi connectivity index (χ4n) is 4.03. The molecule has 0 radical (unpaired) electrons. The van der Waals surface area contributed by atoms with E-state index in [1.165, 1.54) is 17.0 Å². The first-order valence-electron chi connectivity index (χ1n) is 10.5. The molecule has 1 fully saturated rings. The lowest BCUT2D eigenvalue weighted by Gasteiger charge is -2.38. The molecule has 8 heteroatoms. The molecule has 1 aromatic carbocycles. The number of nitrogens with zero attached hydrogens (tertiary/aromatic N) is 4. The number of H-pyrrole nitrogens is 1. The predicted octanol–water partition coefficient (Wildman–Crippen LogP) is 2.18. The van der Waals surface area contributed by atoms with E-state index < -0.39 is 5.60 Å². The van der Waals surface area contributed by atoms with Gasteiger partial charge in [-0.15, -0.1) is 0 Å². The molecule has 0 aliphatic carbocycles. The molecule has 162 valence electrons.